The van der Waals surface area contributed by atoms with E-state index in [4.69, 9.17) is 18.9 Å². The Hall–Kier alpha value is -1.22. The van der Waals surface area contributed by atoms with Crippen LogP contribution in [0.5, 0.6) is 0 Å². The number of esters is 2. The highest BCUT2D eigenvalue weighted by Crippen LogP contribution is 2.68. The molecule has 0 aromatic heterocycles. The summed E-state index contributed by atoms with van der Waals surface area (Å²) in [7, 11) is 0. The average Bonchev–Trinajstić information content (AvgIpc) is 3.40. The Morgan fingerprint density at radius 1 is 0.896 bits per heavy atom. The van der Waals surface area contributed by atoms with Gasteiger partial charge >= 0.3 is 11.9 Å². The Bertz CT molecular complexity index is 1080. The lowest BCUT2D eigenvalue weighted by Gasteiger charge is -2.61. The third-order valence-corrected chi connectivity index (χ3v) is 14.4. The van der Waals surface area contributed by atoms with Crippen LogP contribution < -0.4 is 0 Å². The second-order valence-electron chi connectivity index (χ2n) is 17.6. The second kappa shape index (κ2) is 16.0. The van der Waals surface area contributed by atoms with Crippen LogP contribution in [0.3, 0.4) is 0 Å². The first-order valence-corrected chi connectivity index (χ1v) is 19.8. The minimum atomic E-state index is -1.12. The lowest BCUT2D eigenvalue weighted by atomic mass is 9.44. The number of hydrogen-bond acceptors (Lipinski definition) is 8. The Labute approximate surface area is 290 Å². The van der Waals surface area contributed by atoms with Crippen LogP contribution in [0.15, 0.2) is 0 Å². The van der Waals surface area contributed by atoms with Gasteiger partial charge in [-0.25, -0.2) is 0 Å². The van der Waals surface area contributed by atoms with Crippen molar-refractivity contribution in [2.24, 2.45) is 58.2 Å². The van der Waals surface area contributed by atoms with E-state index in [1.807, 2.05) is 6.92 Å². The van der Waals surface area contributed by atoms with E-state index >= 15 is 0 Å². The summed E-state index contributed by atoms with van der Waals surface area (Å²) in [5.41, 5.74) is 0.834. The molecule has 2 N–H and O–H groups in total. The maximum atomic E-state index is 12.8. The fraction of sp³-hybridized carbons (Fsp3) is 0.950. The smallest absolute Gasteiger partial charge is 0.306 e. The van der Waals surface area contributed by atoms with Gasteiger partial charge in [0.05, 0.1) is 18.9 Å². The Morgan fingerprint density at radius 2 is 1.60 bits per heavy atom. The van der Waals surface area contributed by atoms with Gasteiger partial charge in [0.15, 0.2) is 6.29 Å². The maximum absolute atomic E-state index is 12.8. The van der Waals surface area contributed by atoms with Crippen LogP contribution in [0.1, 0.15) is 138 Å². The summed E-state index contributed by atoms with van der Waals surface area (Å²) < 4.78 is 22.3. The average molecular weight is 677 g/mol. The van der Waals surface area contributed by atoms with Crippen molar-refractivity contribution in [2.75, 3.05) is 13.2 Å². The fourth-order valence-corrected chi connectivity index (χ4v) is 11.7. The van der Waals surface area contributed by atoms with Crippen molar-refractivity contribution in [2.45, 2.75) is 169 Å². The van der Waals surface area contributed by atoms with Gasteiger partial charge in [-0.2, -0.15) is 0 Å². The van der Waals surface area contributed by atoms with Gasteiger partial charge in [-0.3, -0.25) is 9.59 Å². The summed E-state index contributed by atoms with van der Waals surface area (Å²) >= 11 is 0. The monoisotopic (exact) mass is 676 g/mol. The Balaban J connectivity index is 1.06. The van der Waals surface area contributed by atoms with E-state index in [9.17, 15) is 19.8 Å². The van der Waals surface area contributed by atoms with Gasteiger partial charge in [0, 0.05) is 12.5 Å². The summed E-state index contributed by atoms with van der Waals surface area (Å²) in [6.07, 6.45) is 11.4. The number of hydrogen-bond donors (Lipinski definition) is 2. The highest BCUT2D eigenvalue weighted by atomic mass is 16.6. The van der Waals surface area contributed by atoms with E-state index in [0.717, 1.165) is 54.8 Å². The molecule has 0 radical (unpaired) electrons. The van der Waals surface area contributed by atoms with Gasteiger partial charge in [-0.1, -0.05) is 60.8 Å². The van der Waals surface area contributed by atoms with Crippen LogP contribution in [-0.4, -0.2) is 66.1 Å². The van der Waals surface area contributed by atoms with Crippen molar-refractivity contribution in [3.8, 4) is 0 Å². The van der Waals surface area contributed by atoms with Crippen LogP contribution in [0.2, 0.25) is 0 Å². The quantitative estimate of drug-likeness (QED) is 0.194. The summed E-state index contributed by atoms with van der Waals surface area (Å²) in [5.74, 6) is 4.30. The molecule has 8 nitrogen and oxygen atoms in total. The normalized spacial score (nSPS) is 43.2. The Morgan fingerprint density at radius 3 is 2.33 bits per heavy atom. The summed E-state index contributed by atoms with van der Waals surface area (Å²) in [6.45, 7) is 16.2. The van der Waals surface area contributed by atoms with Crippen molar-refractivity contribution < 1.29 is 38.7 Å². The minimum Gasteiger partial charge on any atom is -0.463 e. The molecule has 0 aromatic rings. The summed E-state index contributed by atoms with van der Waals surface area (Å²) in [6, 6.07) is 0. The van der Waals surface area contributed by atoms with Crippen LogP contribution in [0, 0.1) is 58.2 Å². The van der Waals surface area contributed by atoms with E-state index in [1.54, 1.807) is 6.92 Å². The number of fused-ring (bicyclic) bond motifs is 5. The van der Waals surface area contributed by atoms with Crippen LogP contribution in [0.4, 0.5) is 0 Å². The number of aliphatic hydroxyl groups excluding tert-OH is 2. The van der Waals surface area contributed by atoms with Gasteiger partial charge in [-0.15, -0.1) is 0 Å². The maximum Gasteiger partial charge on any atom is 0.306 e. The number of aliphatic hydroxyl groups is 2. The van der Waals surface area contributed by atoms with Gasteiger partial charge in [0.2, 0.25) is 0 Å². The number of rotatable bonds is 13. The zero-order valence-electron chi connectivity index (χ0n) is 31.2. The molecule has 276 valence electrons. The number of carbonyl (C=O) groups excluding carboxylic acids is 2. The third kappa shape index (κ3) is 7.97. The predicted octanol–water partition coefficient (Wildman–Crippen LogP) is 7.46. The molecular weight excluding hydrogens is 608 g/mol. The number of ether oxygens (including phenoxy) is 4. The molecule has 5 fully saturated rings. The number of carbonyl (C=O) groups is 2. The molecule has 5 rings (SSSR count). The molecular formula is C40H68O8. The van der Waals surface area contributed by atoms with E-state index in [0.29, 0.717) is 23.4 Å². The van der Waals surface area contributed by atoms with Crippen LogP contribution in [-0.2, 0) is 28.5 Å². The fourth-order valence-electron chi connectivity index (χ4n) is 11.7. The molecule has 5 aliphatic rings. The lowest BCUT2D eigenvalue weighted by Crippen LogP contribution is -2.56. The SMILES string of the molecule is CCO[C@@H]1C(C)C(O)OC(COC(=O)CCC(=O)O[C@H]2CC[C@@]3(C)C(CCC4C3CC[C@@]3(C)C4CC[C@@H]3[C@H](C)CCCC(C)C)C2)[C@H]1O. The zero-order valence-corrected chi connectivity index (χ0v) is 31.2. The van der Waals surface area contributed by atoms with Gasteiger partial charge in [0.1, 0.15) is 24.9 Å². The highest BCUT2D eigenvalue weighted by molar-refractivity contribution is 5.77. The van der Waals surface area contributed by atoms with Crippen molar-refractivity contribution in [3.63, 3.8) is 0 Å². The molecule has 48 heavy (non-hydrogen) atoms. The molecule has 7 unspecified atom stereocenters. The molecule has 4 saturated carbocycles. The highest BCUT2D eigenvalue weighted by Gasteiger charge is 2.60. The topological polar surface area (TPSA) is 112 Å². The van der Waals surface area contributed by atoms with Crippen LogP contribution >= 0.6 is 0 Å². The molecule has 0 aromatic carbocycles. The first kappa shape index (κ1) is 38.0. The molecule has 1 heterocycles. The van der Waals surface area contributed by atoms with Gasteiger partial charge in [0.25, 0.3) is 0 Å². The minimum absolute atomic E-state index is 0.0331. The van der Waals surface area contributed by atoms with Gasteiger partial charge in [-0.05, 0) is 117 Å². The van der Waals surface area contributed by atoms with Crippen LogP contribution in [0.25, 0.3) is 0 Å². The molecule has 0 spiro atoms. The predicted molar refractivity (Wildman–Crippen MR) is 185 cm³/mol. The molecule has 8 heteroatoms. The summed E-state index contributed by atoms with van der Waals surface area (Å²) in [4.78, 5) is 25.3. The molecule has 0 bridgehead atoms. The first-order chi connectivity index (χ1) is 22.8. The largest absolute Gasteiger partial charge is 0.463 e. The standard InChI is InChI=1S/C40H68O8/c1-8-45-37-26(5)38(44)48-33(36(37)43)23-46-34(41)16-17-35(42)47-28-18-20-39(6)27(22-28)12-13-29-31-15-14-30(25(4)11-9-10-24(2)3)40(31,7)21-19-32(29)39/h24-33,36-38,43-44H,8-23H2,1-7H3/t25-,26?,27?,28+,29?,30-,31?,32?,33?,36-,37-,38?,39+,40-/m1/s1. The molecule has 0 amide bonds. The molecule has 1 aliphatic heterocycles. The summed E-state index contributed by atoms with van der Waals surface area (Å²) in [5, 5.41) is 20.8. The van der Waals surface area contributed by atoms with Crippen molar-refractivity contribution in [1.82, 2.24) is 0 Å². The van der Waals surface area contributed by atoms with E-state index in [-0.39, 0.29) is 31.5 Å². The molecule has 4 aliphatic carbocycles. The van der Waals surface area contributed by atoms with E-state index in [2.05, 4.69) is 34.6 Å². The van der Waals surface area contributed by atoms with Crippen molar-refractivity contribution in [3.05, 3.63) is 0 Å². The molecule has 1 saturated heterocycles. The molecule has 14 atom stereocenters. The van der Waals surface area contributed by atoms with E-state index in [1.165, 1.54) is 57.8 Å². The third-order valence-electron chi connectivity index (χ3n) is 14.4. The lowest BCUT2D eigenvalue weighted by molar-refractivity contribution is -0.275. The van der Waals surface area contributed by atoms with Gasteiger partial charge < -0.3 is 29.2 Å². The van der Waals surface area contributed by atoms with Crippen molar-refractivity contribution >= 4 is 11.9 Å². The van der Waals surface area contributed by atoms with Crippen molar-refractivity contribution in [1.29, 1.82) is 0 Å². The first-order valence-electron chi connectivity index (χ1n) is 19.8. The van der Waals surface area contributed by atoms with E-state index < -0.39 is 36.5 Å². The zero-order chi connectivity index (χ0) is 34.8. The Kier molecular flexibility index (Phi) is 12.7. The second-order valence-corrected chi connectivity index (χ2v) is 17.6.